The highest BCUT2D eigenvalue weighted by Gasteiger charge is 2.31. The number of hydrogen-bond acceptors (Lipinski definition) is 3. The number of amides is 1. The summed E-state index contributed by atoms with van der Waals surface area (Å²) in [7, 11) is 2.03. The van der Waals surface area contributed by atoms with Gasteiger partial charge in [-0.15, -0.1) is 0 Å². The van der Waals surface area contributed by atoms with Crippen molar-refractivity contribution in [2.45, 2.75) is 39.7 Å². The number of nitrogens with zero attached hydrogens (tertiary/aromatic N) is 2. The number of rotatable bonds is 4. The van der Waals surface area contributed by atoms with Gasteiger partial charge in [-0.05, 0) is 35.9 Å². The number of unbranched alkanes of at least 4 members (excludes halogenated alkanes) is 1. The van der Waals surface area contributed by atoms with Crippen LogP contribution in [0.3, 0.4) is 0 Å². The van der Waals surface area contributed by atoms with Crippen molar-refractivity contribution in [2.24, 2.45) is 0 Å². The van der Waals surface area contributed by atoms with Gasteiger partial charge in [0.15, 0.2) is 0 Å². The van der Waals surface area contributed by atoms with Gasteiger partial charge in [0.05, 0.1) is 12.6 Å². The smallest absolute Gasteiger partial charge is 0.290 e. The van der Waals surface area contributed by atoms with Gasteiger partial charge in [-0.3, -0.25) is 14.5 Å². The van der Waals surface area contributed by atoms with Crippen LogP contribution in [-0.2, 0) is 9.59 Å². The number of hydrogen-bond donors (Lipinski definition) is 1. The largest absolute Gasteiger partial charge is 0.483 e. The molecule has 1 saturated heterocycles. The molecule has 0 aromatic heterocycles. The molecular formula is C22H32N2O3. The third-order valence-corrected chi connectivity index (χ3v) is 4.50. The molecule has 5 nitrogen and oxygen atoms in total. The van der Waals surface area contributed by atoms with Gasteiger partial charge >= 0.3 is 0 Å². The van der Waals surface area contributed by atoms with Gasteiger partial charge in [0, 0.05) is 13.1 Å². The lowest BCUT2D eigenvalue weighted by Crippen LogP contribution is -2.50. The van der Waals surface area contributed by atoms with E-state index >= 15 is 0 Å². The summed E-state index contributed by atoms with van der Waals surface area (Å²) in [5.74, 6) is 0.250. The standard InChI is InChI=1S/C19H24N2O.C2H6.CH2O2/c1-3-4-11-21-18(13-20(2)14-19(21)22)17-10-9-15-7-5-6-8-16(15)12-17;1-2;2-1-3/h5-10,12,18H,3-4,11,13-14H2,1-2H3;1-2H3;1H,(H,2,3). The van der Waals surface area contributed by atoms with Crippen LogP contribution in [0.2, 0.25) is 0 Å². The molecule has 1 fully saturated rings. The molecule has 1 aliphatic heterocycles. The Kier molecular flexibility index (Phi) is 10.1. The maximum atomic E-state index is 12.4. The number of piperazine rings is 1. The van der Waals surface area contributed by atoms with Crippen LogP contribution >= 0.6 is 0 Å². The predicted octanol–water partition coefficient (Wildman–Crippen LogP) is 4.18. The van der Waals surface area contributed by atoms with Gasteiger partial charge in [-0.1, -0.05) is 63.6 Å². The summed E-state index contributed by atoms with van der Waals surface area (Å²) < 4.78 is 0. The highest BCUT2D eigenvalue weighted by Crippen LogP contribution is 2.28. The van der Waals surface area contributed by atoms with Crippen molar-refractivity contribution in [3.8, 4) is 0 Å². The van der Waals surface area contributed by atoms with Crippen LogP contribution in [0.25, 0.3) is 10.8 Å². The molecule has 3 rings (SSSR count). The zero-order valence-electron chi connectivity index (χ0n) is 16.9. The molecule has 148 valence electrons. The van der Waals surface area contributed by atoms with Crippen LogP contribution in [0.4, 0.5) is 0 Å². The van der Waals surface area contributed by atoms with Gasteiger partial charge in [0.25, 0.3) is 6.47 Å². The average Bonchev–Trinajstić information content (AvgIpc) is 2.68. The van der Waals surface area contributed by atoms with E-state index in [0.717, 1.165) is 25.9 Å². The molecule has 0 saturated carbocycles. The summed E-state index contributed by atoms with van der Waals surface area (Å²) >= 11 is 0. The number of fused-ring (bicyclic) bond motifs is 1. The molecule has 0 spiro atoms. The van der Waals surface area contributed by atoms with Crippen LogP contribution in [0.5, 0.6) is 0 Å². The van der Waals surface area contributed by atoms with Gasteiger partial charge in [0.1, 0.15) is 0 Å². The molecule has 1 amide bonds. The molecule has 0 bridgehead atoms. The average molecular weight is 373 g/mol. The van der Waals surface area contributed by atoms with Crippen LogP contribution in [-0.4, -0.2) is 54.0 Å². The highest BCUT2D eigenvalue weighted by atomic mass is 16.3. The van der Waals surface area contributed by atoms with Crippen LogP contribution in [0, 0.1) is 0 Å². The second kappa shape index (κ2) is 12.1. The van der Waals surface area contributed by atoms with E-state index in [1.807, 2.05) is 20.9 Å². The molecule has 0 aliphatic carbocycles. The summed E-state index contributed by atoms with van der Waals surface area (Å²) in [5.41, 5.74) is 1.25. The fraction of sp³-hybridized carbons (Fsp3) is 0.455. The summed E-state index contributed by atoms with van der Waals surface area (Å²) in [6.45, 7) is 8.23. The minimum Gasteiger partial charge on any atom is -0.483 e. The van der Waals surface area contributed by atoms with Crippen LogP contribution in [0.15, 0.2) is 42.5 Å². The molecule has 1 aliphatic rings. The van der Waals surface area contributed by atoms with E-state index in [9.17, 15) is 4.79 Å². The van der Waals surface area contributed by atoms with Crippen LogP contribution in [0.1, 0.15) is 45.2 Å². The molecule has 2 aromatic rings. The van der Waals surface area contributed by atoms with Crippen molar-refractivity contribution in [2.75, 3.05) is 26.7 Å². The minimum atomic E-state index is -0.250. The second-order valence-corrected chi connectivity index (χ2v) is 6.37. The molecule has 27 heavy (non-hydrogen) atoms. The van der Waals surface area contributed by atoms with Crippen molar-refractivity contribution in [3.05, 3.63) is 48.0 Å². The zero-order valence-corrected chi connectivity index (χ0v) is 16.9. The Bertz CT molecular complexity index is 718. The Morgan fingerprint density at radius 1 is 1.15 bits per heavy atom. The SMILES string of the molecule is CC.CCCCN1C(=O)CN(C)CC1c1ccc2ccccc2c1.O=CO. The first-order chi connectivity index (χ1) is 13.1. The van der Waals surface area contributed by atoms with E-state index in [4.69, 9.17) is 9.90 Å². The van der Waals surface area contributed by atoms with Crippen molar-refractivity contribution >= 4 is 23.2 Å². The quantitative estimate of drug-likeness (QED) is 0.818. The fourth-order valence-electron chi connectivity index (χ4n) is 3.26. The second-order valence-electron chi connectivity index (χ2n) is 6.37. The third kappa shape index (κ3) is 6.36. The number of carbonyl (C=O) groups excluding carboxylic acids is 1. The Labute approximate surface area is 162 Å². The van der Waals surface area contributed by atoms with E-state index in [-0.39, 0.29) is 18.4 Å². The normalized spacial score (nSPS) is 16.8. The van der Waals surface area contributed by atoms with Gasteiger partial charge in [0.2, 0.25) is 5.91 Å². The topological polar surface area (TPSA) is 60.9 Å². The molecule has 2 aromatic carbocycles. The summed E-state index contributed by atoms with van der Waals surface area (Å²) in [4.78, 5) is 25.0. The van der Waals surface area contributed by atoms with Crippen molar-refractivity contribution in [1.82, 2.24) is 9.80 Å². The minimum absolute atomic E-state index is 0.169. The molecule has 1 heterocycles. The lowest BCUT2D eigenvalue weighted by atomic mass is 9.98. The van der Waals surface area contributed by atoms with E-state index in [0.29, 0.717) is 6.54 Å². The summed E-state index contributed by atoms with van der Waals surface area (Å²) in [6, 6.07) is 15.2. The van der Waals surface area contributed by atoms with E-state index in [2.05, 4.69) is 59.2 Å². The summed E-state index contributed by atoms with van der Waals surface area (Å²) in [5, 5.41) is 9.39. The maximum absolute atomic E-state index is 12.4. The highest BCUT2D eigenvalue weighted by molar-refractivity contribution is 5.84. The molecule has 1 unspecified atom stereocenters. The van der Waals surface area contributed by atoms with E-state index in [1.165, 1.54) is 16.3 Å². The molecule has 1 atom stereocenters. The van der Waals surface area contributed by atoms with E-state index < -0.39 is 0 Å². The first-order valence-corrected chi connectivity index (χ1v) is 9.65. The van der Waals surface area contributed by atoms with Gasteiger partial charge < -0.3 is 10.0 Å². The zero-order chi connectivity index (χ0) is 20.2. The predicted molar refractivity (Wildman–Crippen MR) is 111 cm³/mol. The maximum Gasteiger partial charge on any atom is 0.290 e. The first-order valence-electron chi connectivity index (χ1n) is 9.65. The van der Waals surface area contributed by atoms with Gasteiger partial charge in [-0.25, -0.2) is 0 Å². The third-order valence-electron chi connectivity index (χ3n) is 4.50. The van der Waals surface area contributed by atoms with Gasteiger partial charge in [-0.2, -0.15) is 0 Å². The molecule has 0 radical (unpaired) electrons. The summed E-state index contributed by atoms with van der Waals surface area (Å²) in [6.07, 6.45) is 2.18. The van der Waals surface area contributed by atoms with Crippen molar-refractivity contribution < 1.29 is 14.7 Å². The number of carboxylic acid groups (broad SMARTS) is 1. The Hall–Kier alpha value is -2.40. The number of benzene rings is 2. The molecule has 1 N–H and O–H groups in total. The Morgan fingerprint density at radius 3 is 2.41 bits per heavy atom. The van der Waals surface area contributed by atoms with Crippen molar-refractivity contribution in [1.29, 1.82) is 0 Å². The molecule has 5 heteroatoms. The fourth-order valence-corrected chi connectivity index (χ4v) is 3.26. The Morgan fingerprint density at radius 2 is 1.78 bits per heavy atom. The monoisotopic (exact) mass is 372 g/mol. The van der Waals surface area contributed by atoms with Crippen LogP contribution < -0.4 is 0 Å². The number of carbonyl (C=O) groups is 2. The van der Waals surface area contributed by atoms with E-state index in [1.54, 1.807) is 0 Å². The first kappa shape index (κ1) is 22.6. The Balaban J connectivity index is 0.000000665. The number of likely N-dealkylation sites (N-methyl/N-ethyl adjacent to an activating group) is 1. The lowest BCUT2D eigenvalue weighted by Gasteiger charge is -2.40. The van der Waals surface area contributed by atoms with Crippen molar-refractivity contribution in [3.63, 3.8) is 0 Å². The lowest BCUT2D eigenvalue weighted by molar-refractivity contribution is -0.139. The molecular weight excluding hydrogens is 340 g/mol.